The Morgan fingerprint density at radius 3 is 2.61 bits per heavy atom. The number of likely N-dealkylation sites (tertiary alicyclic amines) is 1. The number of nitrogens with one attached hydrogen (secondary N) is 2. The Balaban J connectivity index is 0.00000280. The molecule has 1 saturated heterocycles. The van der Waals surface area contributed by atoms with E-state index in [9.17, 15) is 0 Å². The van der Waals surface area contributed by atoms with Gasteiger partial charge in [0.25, 0.3) is 0 Å². The van der Waals surface area contributed by atoms with Crippen LogP contribution >= 0.6 is 24.0 Å². The quantitative estimate of drug-likeness (QED) is 0.351. The van der Waals surface area contributed by atoms with Gasteiger partial charge in [-0.25, -0.2) is 0 Å². The molecular formula is C22H31IN4O. The maximum atomic E-state index is 5.42. The Morgan fingerprint density at radius 1 is 1.11 bits per heavy atom. The number of aliphatic imine (C=N–C) groups is 1. The van der Waals surface area contributed by atoms with Crippen molar-refractivity contribution < 1.29 is 4.74 Å². The maximum absolute atomic E-state index is 5.42. The fraction of sp³-hybridized carbons (Fsp3) is 0.409. The second kappa shape index (κ2) is 11.9. The van der Waals surface area contributed by atoms with Crippen LogP contribution < -0.4 is 15.4 Å². The lowest BCUT2D eigenvalue weighted by Gasteiger charge is -2.25. The van der Waals surface area contributed by atoms with Gasteiger partial charge in [0.05, 0.1) is 7.11 Å². The van der Waals surface area contributed by atoms with Crippen molar-refractivity contribution in [3.05, 3.63) is 65.7 Å². The minimum absolute atomic E-state index is 0. The minimum Gasteiger partial charge on any atom is -0.496 e. The van der Waals surface area contributed by atoms with E-state index in [1.807, 2.05) is 25.2 Å². The molecule has 3 rings (SSSR count). The second-order valence-corrected chi connectivity index (χ2v) is 6.87. The van der Waals surface area contributed by atoms with Crippen molar-refractivity contribution in [1.29, 1.82) is 0 Å². The van der Waals surface area contributed by atoms with Crippen LogP contribution in [0.5, 0.6) is 5.75 Å². The van der Waals surface area contributed by atoms with Crippen molar-refractivity contribution in [3.8, 4) is 5.75 Å². The highest BCUT2D eigenvalue weighted by molar-refractivity contribution is 14.0. The summed E-state index contributed by atoms with van der Waals surface area (Å²) >= 11 is 0. The van der Waals surface area contributed by atoms with E-state index in [1.54, 1.807) is 7.11 Å². The Morgan fingerprint density at radius 2 is 1.86 bits per heavy atom. The van der Waals surface area contributed by atoms with Gasteiger partial charge in [-0.1, -0.05) is 48.5 Å². The first-order valence-electron chi connectivity index (χ1n) is 9.64. The molecule has 6 heteroatoms. The van der Waals surface area contributed by atoms with Gasteiger partial charge in [0.2, 0.25) is 0 Å². The van der Waals surface area contributed by atoms with E-state index in [4.69, 9.17) is 4.74 Å². The summed E-state index contributed by atoms with van der Waals surface area (Å²) in [5.74, 6) is 1.72. The lowest BCUT2D eigenvalue weighted by Crippen LogP contribution is -2.44. The molecule has 1 fully saturated rings. The molecule has 1 aliphatic heterocycles. The van der Waals surface area contributed by atoms with Gasteiger partial charge in [-0.2, -0.15) is 0 Å². The van der Waals surface area contributed by atoms with Crippen molar-refractivity contribution in [2.24, 2.45) is 4.99 Å². The number of halogens is 1. The number of para-hydroxylation sites is 1. The van der Waals surface area contributed by atoms with Gasteiger partial charge in [0.15, 0.2) is 5.96 Å². The first-order chi connectivity index (χ1) is 13.3. The monoisotopic (exact) mass is 494 g/mol. The number of nitrogens with zero attached hydrogens (tertiary/aromatic N) is 2. The molecular weight excluding hydrogens is 463 g/mol. The third-order valence-corrected chi connectivity index (χ3v) is 5.10. The van der Waals surface area contributed by atoms with Crippen LogP contribution in [0, 0.1) is 0 Å². The second-order valence-electron chi connectivity index (χ2n) is 6.87. The average Bonchev–Trinajstić information content (AvgIpc) is 3.16. The fourth-order valence-electron chi connectivity index (χ4n) is 3.62. The van der Waals surface area contributed by atoms with Crippen LogP contribution in [-0.2, 0) is 13.1 Å². The largest absolute Gasteiger partial charge is 0.496 e. The van der Waals surface area contributed by atoms with Gasteiger partial charge in [0.1, 0.15) is 5.75 Å². The fourth-order valence-corrected chi connectivity index (χ4v) is 3.62. The summed E-state index contributed by atoms with van der Waals surface area (Å²) in [6.07, 6.45) is 2.48. The van der Waals surface area contributed by atoms with Crippen molar-refractivity contribution in [2.75, 3.05) is 27.2 Å². The highest BCUT2D eigenvalue weighted by atomic mass is 127. The highest BCUT2D eigenvalue weighted by Crippen LogP contribution is 2.19. The van der Waals surface area contributed by atoms with Crippen LogP contribution in [0.3, 0.4) is 0 Å². The molecule has 2 aromatic carbocycles. The van der Waals surface area contributed by atoms with Gasteiger partial charge < -0.3 is 15.4 Å². The molecule has 1 aliphatic rings. The van der Waals surface area contributed by atoms with Crippen molar-refractivity contribution >= 4 is 29.9 Å². The number of benzene rings is 2. The standard InChI is InChI=1S/C22H30N4O.HI/c1-23-22(24-15-19-11-6-7-13-21(19)27-2)25-16-20-12-8-14-26(20)17-18-9-4-3-5-10-18;/h3-7,9-11,13,20H,8,12,14-17H2,1-2H3,(H2,23,24,25);1H. The third kappa shape index (κ3) is 6.38. The summed E-state index contributed by atoms with van der Waals surface area (Å²) in [6.45, 7) is 3.76. The zero-order chi connectivity index (χ0) is 18.9. The lowest BCUT2D eigenvalue weighted by atomic mass is 10.2. The average molecular weight is 494 g/mol. The minimum atomic E-state index is 0. The van der Waals surface area contributed by atoms with Gasteiger partial charge in [-0.05, 0) is 31.0 Å². The van der Waals surface area contributed by atoms with E-state index >= 15 is 0 Å². The summed E-state index contributed by atoms with van der Waals surface area (Å²) in [6, 6.07) is 19.3. The first-order valence-corrected chi connectivity index (χ1v) is 9.64. The number of guanidine groups is 1. The normalized spacial score (nSPS) is 17.1. The molecule has 28 heavy (non-hydrogen) atoms. The molecule has 5 nitrogen and oxygen atoms in total. The molecule has 0 aromatic heterocycles. The highest BCUT2D eigenvalue weighted by Gasteiger charge is 2.24. The summed E-state index contributed by atoms with van der Waals surface area (Å²) in [7, 11) is 3.52. The molecule has 1 atom stereocenters. The molecule has 2 N–H and O–H groups in total. The summed E-state index contributed by atoms with van der Waals surface area (Å²) < 4.78 is 5.42. The van der Waals surface area contributed by atoms with Gasteiger partial charge in [-0.15, -0.1) is 24.0 Å². The van der Waals surface area contributed by atoms with Crippen LogP contribution in [0.4, 0.5) is 0 Å². The number of ether oxygens (including phenoxy) is 1. The predicted molar refractivity (Wildman–Crippen MR) is 126 cm³/mol. The van der Waals surface area contributed by atoms with Crippen molar-refractivity contribution in [3.63, 3.8) is 0 Å². The summed E-state index contributed by atoms with van der Waals surface area (Å²) in [4.78, 5) is 6.93. The smallest absolute Gasteiger partial charge is 0.191 e. The maximum Gasteiger partial charge on any atom is 0.191 e. The molecule has 2 aromatic rings. The van der Waals surface area contributed by atoms with Crippen LogP contribution in [-0.4, -0.2) is 44.1 Å². The van der Waals surface area contributed by atoms with Crippen molar-refractivity contribution in [1.82, 2.24) is 15.5 Å². The molecule has 1 heterocycles. The zero-order valence-electron chi connectivity index (χ0n) is 16.7. The van der Waals surface area contributed by atoms with Crippen LogP contribution in [0.25, 0.3) is 0 Å². The van der Waals surface area contributed by atoms with Gasteiger partial charge in [0, 0.05) is 38.3 Å². The Bertz CT molecular complexity index is 738. The number of methoxy groups -OCH3 is 1. The molecule has 152 valence electrons. The zero-order valence-corrected chi connectivity index (χ0v) is 19.1. The first kappa shape index (κ1) is 22.5. The molecule has 0 amide bonds. The van der Waals surface area contributed by atoms with E-state index < -0.39 is 0 Å². The van der Waals surface area contributed by atoms with E-state index in [2.05, 4.69) is 56.9 Å². The van der Waals surface area contributed by atoms with Crippen LogP contribution in [0.15, 0.2) is 59.6 Å². The number of hydrogen-bond donors (Lipinski definition) is 2. The van der Waals surface area contributed by atoms with Gasteiger partial charge >= 0.3 is 0 Å². The lowest BCUT2D eigenvalue weighted by molar-refractivity contribution is 0.245. The third-order valence-electron chi connectivity index (χ3n) is 5.10. The molecule has 0 saturated carbocycles. The van der Waals surface area contributed by atoms with E-state index in [0.29, 0.717) is 12.6 Å². The van der Waals surface area contributed by atoms with E-state index in [1.165, 1.54) is 18.4 Å². The Hall–Kier alpha value is -1.80. The van der Waals surface area contributed by atoms with Crippen molar-refractivity contribution in [2.45, 2.75) is 32.0 Å². The summed E-state index contributed by atoms with van der Waals surface area (Å²) in [5.41, 5.74) is 2.50. The molecule has 0 aliphatic carbocycles. The molecule has 0 radical (unpaired) electrons. The van der Waals surface area contributed by atoms with E-state index in [0.717, 1.165) is 36.9 Å². The molecule has 0 bridgehead atoms. The number of rotatable bonds is 7. The SMILES string of the molecule is CN=C(NCc1ccccc1OC)NCC1CCCN1Cc1ccccc1.I. The molecule has 1 unspecified atom stereocenters. The number of hydrogen-bond acceptors (Lipinski definition) is 3. The topological polar surface area (TPSA) is 48.9 Å². The predicted octanol–water partition coefficient (Wildman–Crippen LogP) is 3.64. The summed E-state index contributed by atoms with van der Waals surface area (Å²) in [5, 5.41) is 6.88. The van der Waals surface area contributed by atoms with Gasteiger partial charge in [-0.3, -0.25) is 9.89 Å². The Labute approximate surface area is 185 Å². The van der Waals surface area contributed by atoms with Crippen LogP contribution in [0.1, 0.15) is 24.0 Å². The van der Waals surface area contributed by atoms with Crippen LogP contribution in [0.2, 0.25) is 0 Å². The molecule has 0 spiro atoms. The van der Waals surface area contributed by atoms with E-state index in [-0.39, 0.29) is 24.0 Å². The Kier molecular flexibility index (Phi) is 9.57.